The first-order valence-corrected chi connectivity index (χ1v) is 7.00. The Balaban J connectivity index is 1.87. The van der Waals surface area contributed by atoms with E-state index in [4.69, 9.17) is 11.6 Å². The van der Waals surface area contributed by atoms with E-state index in [0.29, 0.717) is 16.9 Å². The molecule has 3 rings (SSSR count). The summed E-state index contributed by atoms with van der Waals surface area (Å²) in [6.07, 6.45) is 4.40. The van der Waals surface area contributed by atoms with Crippen molar-refractivity contribution in [2.24, 2.45) is 0 Å². The van der Waals surface area contributed by atoms with E-state index in [1.807, 2.05) is 0 Å². The number of hydrogen-bond acceptors (Lipinski definition) is 4. The molecule has 5 nitrogen and oxygen atoms in total. The van der Waals surface area contributed by atoms with Gasteiger partial charge in [0.2, 0.25) is 0 Å². The van der Waals surface area contributed by atoms with Gasteiger partial charge in [0.15, 0.2) is 0 Å². The summed E-state index contributed by atoms with van der Waals surface area (Å²) in [5.41, 5.74) is 1.80. The van der Waals surface area contributed by atoms with E-state index in [2.05, 4.69) is 20.3 Å². The summed E-state index contributed by atoms with van der Waals surface area (Å²) in [7, 11) is 0. The molecule has 7 heteroatoms. The molecule has 0 saturated heterocycles. The number of halogens is 2. The summed E-state index contributed by atoms with van der Waals surface area (Å²) in [5, 5.41) is 2.67. The molecule has 0 spiro atoms. The highest BCUT2D eigenvalue weighted by Gasteiger charge is 2.11. The van der Waals surface area contributed by atoms with Gasteiger partial charge in [0.1, 0.15) is 17.8 Å². The largest absolute Gasteiger partial charge is 0.319 e. The number of nitrogens with one attached hydrogen (secondary N) is 1. The Morgan fingerprint density at radius 1 is 1.17 bits per heavy atom. The summed E-state index contributed by atoms with van der Waals surface area (Å²) in [6.45, 7) is 0. The maximum atomic E-state index is 13.2. The predicted octanol–water partition coefficient (Wildman–Crippen LogP) is 3.58. The molecule has 0 aliphatic carbocycles. The molecule has 0 aliphatic heterocycles. The molecule has 114 valence electrons. The van der Waals surface area contributed by atoms with Gasteiger partial charge in [-0.1, -0.05) is 11.6 Å². The van der Waals surface area contributed by atoms with E-state index in [9.17, 15) is 9.18 Å². The molecule has 0 radical (unpaired) electrons. The molecule has 2 heterocycles. The van der Waals surface area contributed by atoms with Crippen LogP contribution in [0, 0.1) is 5.82 Å². The zero-order chi connectivity index (χ0) is 16.2. The summed E-state index contributed by atoms with van der Waals surface area (Å²) in [5.74, 6) is -0.908. The molecule has 0 atom stereocenters. The minimum absolute atomic E-state index is 0.0116. The highest BCUT2D eigenvalue weighted by molar-refractivity contribution is 6.31. The van der Waals surface area contributed by atoms with Gasteiger partial charge in [-0.05, 0) is 36.4 Å². The fraction of sp³-hybridized carbons (Fsp3) is 0. The van der Waals surface area contributed by atoms with Crippen LogP contribution in [0.4, 0.5) is 10.1 Å². The smallest absolute Gasteiger partial charge is 0.274 e. The molecule has 1 aromatic carbocycles. The molecular formula is C16H10ClFN4O. The van der Waals surface area contributed by atoms with Crippen molar-refractivity contribution in [3.05, 3.63) is 71.7 Å². The van der Waals surface area contributed by atoms with Gasteiger partial charge in [0.25, 0.3) is 5.91 Å². The predicted molar refractivity (Wildman–Crippen MR) is 84.6 cm³/mol. The number of aromatic nitrogens is 3. The third-order valence-corrected chi connectivity index (χ3v) is 3.32. The number of carbonyl (C=O) groups is 1. The van der Waals surface area contributed by atoms with Gasteiger partial charge in [-0.3, -0.25) is 9.78 Å². The molecular weight excluding hydrogens is 319 g/mol. The molecule has 0 aliphatic rings. The number of pyridine rings is 1. The lowest BCUT2D eigenvalue weighted by Gasteiger charge is -2.06. The number of carbonyl (C=O) groups excluding carboxylic acids is 1. The average Bonchev–Trinajstić information content (AvgIpc) is 2.58. The van der Waals surface area contributed by atoms with Crippen molar-refractivity contribution in [3.63, 3.8) is 0 Å². The normalized spacial score (nSPS) is 10.3. The second-order valence-electron chi connectivity index (χ2n) is 4.61. The van der Waals surface area contributed by atoms with Crippen LogP contribution in [0.2, 0.25) is 5.02 Å². The van der Waals surface area contributed by atoms with Gasteiger partial charge in [-0.15, -0.1) is 0 Å². The van der Waals surface area contributed by atoms with E-state index in [1.54, 1.807) is 18.3 Å². The quantitative estimate of drug-likeness (QED) is 0.798. The molecule has 0 fully saturated rings. The Morgan fingerprint density at radius 3 is 2.78 bits per heavy atom. The third kappa shape index (κ3) is 3.49. The topological polar surface area (TPSA) is 67.8 Å². The highest BCUT2D eigenvalue weighted by atomic mass is 35.5. The summed E-state index contributed by atoms with van der Waals surface area (Å²) < 4.78 is 13.2. The standard InChI is InChI=1S/C16H10ClFN4O/c17-12-6-10(3-4-13(12)18)14-7-15(21-9-20-14)16(23)22-11-2-1-5-19-8-11/h1-9H,(H,22,23). The number of nitrogens with zero attached hydrogens (tertiary/aromatic N) is 3. The third-order valence-electron chi connectivity index (χ3n) is 3.03. The van der Waals surface area contributed by atoms with Crippen molar-refractivity contribution >= 4 is 23.2 Å². The maximum Gasteiger partial charge on any atom is 0.274 e. The summed E-state index contributed by atoms with van der Waals surface area (Å²) in [6, 6.07) is 9.16. The lowest BCUT2D eigenvalue weighted by Crippen LogP contribution is -2.14. The molecule has 23 heavy (non-hydrogen) atoms. The molecule has 0 saturated carbocycles. The summed E-state index contributed by atoms with van der Waals surface area (Å²) in [4.78, 5) is 24.2. The number of anilines is 1. The second kappa shape index (κ2) is 6.50. The van der Waals surface area contributed by atoms with Crippen LogP contribution in [0.15, 0.2) is 55.1 Å². The van der Waals surface area contributed by atoms with E-state index >= 15 is 0 Å². The van der Waals surface area contributed by atoms with E-state index < -0.39 is 11.7 Å². The number of hydrogen-bond donors (Lipinski definition) is 1. The number of rotatable bonds is 3. The van der Waals surface area contributed by atoms with Gasteiger partial charge in [0.05, 0.1) is 22.6 Å². The van der Waals surface area contributed by atoms with Crippen molar-refractivity contribution < 1.29 is 9.18 Å². The first kappa shape index (κ1) is 15.1. The SMILES string of the molecule is O=C(Nc1cccnc1)c1cc(-c2ccc(F)c(Cl)c2)ncn1. The van der Waals surface area contributed by atoms with Gasteiger partial charge < -0.3 is 5.32 Å². The molecule has 0 bridgehead atoms. The van der Waals surface area contributed by atoms with E-state index in [-0.39, 0.29) is 10.7 Å². The van der Waals surface area contributed by atoms with Crippen LogP contribution in [0.25, 0.3) is 11.3 Å². The van der Waals surface area contributed by atoms with Gasteiger partial charge in [0, 0.05) is 11.8 Å². The van der Waals surface area contributed by atoms with Crippen LogP contribution in [0.1, 0.15) is 10.5 Å². The maximum absolute atomic E-state index is 13.2. The fourth-order valence-electron chi connectivity index (χ4n) is 1.93. The van der Waals surface area contributed by atoms with E-state index in [0.717, 1.165) is 0 Å². The van der Waals surface area contributed by atoms with Gasteiger partial charge >= 0.3 is 0 Å². The second-order valence-corrected chi connectivity index (χ2v) is 5.02. The minimum atomic E-state index is -0.515. The van der Waals surface area contributed by atoms with Crippen molar-refractivity contribution in [3.8, 4) is 11.3 Å². The lowest BCUT2D eigenvalue weighted by molar-refractivity contribution is 0.102. The minimum Gasteiger partial charge on any atom is -0.319 e. The highest BCUT2D eigenvalue weighted by Crippen LogP contribution is 2.23. The first-order valence-electron chi connectivity index (χ1n) is 6.62. The molecule has 1 N–H and O–H groups in total. The number of benzene rings is 1. The zero-order valence-corrected chi connectivity index (χ0v) is 12.5. The Kier molecular flexibility index (Phi) is 4.25. The van der Waals surface area contributed by atoms with Gasteiger partial charge in [-0.25, -0.2) is 14.4 Å². The first-order chi connectivity index (χ1) is 11.1. The fourth-order valence-corrected chi connectivity index (χ4v) is 2.11. The van der Waals surface area contributed by atoms with Crippen molar-refractivity contribution in [2.45, 2.75) is 0 Å². The average molecular weight is 329 g/mol. The molecule has 0 unspecified atom stereocenters. The molecule has 3 aromatic rings. The monoisotopic (exact) mass is 328 g/mol. The van der Waals surface area contributed by atoms with Crippen LogP contribution < -0.4 is 5.32 Å². The lowest BCUT2D eigenvalue weighted by atomic mass is 10.1. The number of amides is 1. The van der Waals surface area contributed by atoms with Crippen LogP contribution in [-0.2, 0) is 0 Å². The Morgan fingerprint density at radius 2 is 2.04 bits per heavy atom. The Hall–Kier alpha value is -2.86. The molecule has 2 aromatic heterocycles. The summed E-state index contributed by atoms with van der Waals surface area (Å²) >= 11 is 5.77. The van der Waals surface area contributed by atoms with Crippen molar-refractivity contribution in [1.82, 2.24) is 15.0 Å². The zero-order valence-electron chi connectivity index (χ0n) is 11.7. The van der Waals surface area contributed by atoms with Gasteiger partial charge in [-0.2, -0.15) is 0 Å². The molecule has 1 amide bonds. The van der Waals surface area contributed by atoms with Crippen LogP contribution in [0.5, 0.6) is 0 Å². The Bertz CT molecular complexity index is 858. The van der Waals surface area contributed by atoms with E-state index in [1.165, 1.54) is 36.8 Å². The van der Waals surface area contributed by atoms with Crippen molar-refractivity contribution in [2.75, 3.05) is 5.32 Å². The van der Waals surface area contributed by atoms with Crippen LogP contribution in [0.3, 0.4) is 0 Å². The van der Waals surface area contributed by atoms with Crippen molar-refractivity contribution in [1.29, 1.82) is 0 Å². The Labute approximate surface area is 136 Å². The van der Waals surface area contributed by atoms with Crippen LogP contribution in [-0.4, -0.2) is 20.9 Å². The van der Waals surface area contributed by atoms with Crippen LogP contribution >= 0.6 is 11.6 Å².